The van der Waals surface area contributed by atoms with Gasteiger partial charge in [-0.3, -0.25) is 4.79 Å². The smallest absolute Gasteiger partial charge is 0.326 e. The topological polar surface area (TPSA) is 72.9 Å². The van der Waals surface area contributed by atoms with Gasteiger partial charge in [-0.25, -0.2) is 4.68 Å². The molecule has 0 aliphatic carbocycles. The van der Waals surface area contributed by atoms with Crippen LogP contribution in [0.5, 0.6) is 0 Å². The summed E-state index contributed by atoms with van der Waals surface area (Å²) in [5, 5.41) is 6.35. The van der Waals surface area contributed by atoms with Crippen LogP contribution in [-0.2, 0) is 19.1 Å². The maximum Gasteiger partial charge on any atom is 0.435 e. The number of benzene rings is 3. The number of nitrogens with zero attached hydrogens (tertiary/aromatic N) is 2. The fourth-order valence-electron chi connectivity index (χ4n) is 3.48. The molecule has 8 heteroatoms. The second kappa shape index (κ2) is 9.30. The van der Waals surface area contributed by atoms with Crippen molar-refractivity contribution in [1.29, 1.82) is 0 Å². The quantitative estimate of drug-likeness (QED) is 0.425. The zero-order chi connectivity index (χ0) is 23.4. The molecule has 33 heavy (non-hydrogen) atoms. The molecule has 1 aromatic heterocycles. The first-order valence-electron chi connectivity index (χ1n) is 10.2. The van der Waals surface area contributed by atoms with Gasteiger partial charge < -0.3 is 11.1 Å². The minimum Gasteiger partial charge on any atom is -0.326 e. The van der Waals surface area contributed by atoms with E-state index in [4.69, 9.17) is 5.73 Å². The van der Waals surface area contributed by atoms with E-state index in [0.29, 0.717) is 23.4 Å². The number of nitrogens with one attached hydrogen (secondary N) is 1. The Balaban J connectivity index is 1.64. The first-order chi connectivity index (χ1) is 15.8. The highest BCUT2D eigenvalue weighted by Crippen LogP contribution is 2.30. The summed E-state index contributed by atoms with van der Waals surface area (Å²) in [6, 6.07) is 24.3. The minimum atomic E-state index is -4.69. The molecule has 0 saturated carbocycles. The molecule has 0 radical (unpaired) electrons. The number of nitrogens with two attached hydrogens (primary N) is 1. The molecule has 0 aliphatic rings. The molecule has 168 valence electrons. The fourth-order valence-corrected chi connectivity index (χ4v) is 3.48. The van der Waals surface area contributed by atoms with E-state index in [0.717, 1.165) is 21.9 Å². The third kappa shape index (κ3) is 5.30. The zero-order valence-corrected chi connectivity index (χ0v) is 17.5. The number of carbonyl (C=O) groups excluding carboxylic acids is 1. The summed E-state index contributed by atoms with van der Waals surface area (Å²) in [6.45, 7) is 0.205. The Hall–Kier alpha value is -3.91. The standard InChI is InChI=1S/C25H21F3N4O/c26-25(27,28)23-15-22(32(31-23)21-11-5-9-19(14-21)16-29)24(33)30-20-10-4-8-18(13-20)12-17-6-2-1-3-7-17/h1-11,13-15H,12,16,29H2,(H,30,33). The highest BCUT2D eigenvalue weighted by Gasteiger charge is 2.36. The molecule has 0 unspecified atom stereocenters. The Morgan fingerprint density at radius 1 is 0.879 bits per heavy atom. The summed E-state index contributed by atoms with van der Waals surface area (Å²) in [6.07, 6.45) is -4.03. The lowest BCUT2D eigenvalue weighted by molar-refractivity contribution is -0.141. The van der Waals surface area contributed by atoms with Gasteiger partial charge in [0.2, 0.25) is 0 Å². The van der Waals surface area contributed by atoms with Crippen LogP contribution in [-0.4, -0.2) is 15.7 Å². The Bertz CT molecular complexity index is 1270. The summed E-state index contributed by atoms with van der Waals surface area (Å²) < 4.78 is 41.1. The van der Waals surface area contributed by atoms with Gasteiger partial charge in [-0.15, -0.1) is 0 Å². The van der Waals surface area contributed by atoms with Gasteiger partial charge in [-0.2, -0.15) is 18.3 Å². The first-order valence-corrected chi connectivity index (χ1v) is 10.2. The van der Waals surface area contributed by atoms with Gasteiger partial charge in [0, 0.05) is 18.3 Å². The van der Waals surface area contributed by atoms with Crippen LogP contribution in [0.3, 0.4) is 0 Å². The van der Waals surface area contributed by atoms with Crippen molar-refractivity contribution in [2.75, 3.05) is 5.32 Å². The number of rotatable bonds is 6. The lowest BCUT2D eigenvalue weighted by Crippen LogP contribution is -2.17. The predicted octanol–water partition coefficient (Wildman–Crippen LogP) is 5.19. The van der Waals surface area contributed by atoms with Crippen molar-refractivity contribution >= 4 is 11.6 Å². The van der Waals surface area contributed by atoms with Gasteiger partial charge in [0.1, 0.15) is 5.69 Å². The predicted molar refractivity (Wildman–Crippen MR) is 120 cm³/mol. The second-order valence-corrected chi connectivity index (χ2v) is 7.52. The van der Waals surface area contributed by atoms with Gasteiger partial charge in [0.25, 0.3) is 5.91 Å². The Morgan fingerprint density at radius 2 is 1.58 bits per heavy atom. The molecular weight excluding hydrogens is 429 g/mol. The van der Waals surface area contributed by atoms with Gasteiger partial charge in [0.05, 0.1) is 5.69 Å². The number of anilines is 1. The summed E-state index contributed by atoms with van der Waals surface area (Å²) in [5.74, 6) is -0.701. The van der Waals surface area contributed by atoms with E-state index in [9.17, 15) is 18.0 Å². The Morgan fingerprint density at radius 3 is 2.30 bits per heavy atom. The molecule has 0 atom stereocenters. The van der Waals surface area contributed by atoms with Crippen LogP contribution in [0.2, 0.25) is 0 Å². The highest BCUT2D eigenvalue weighted by molar-refractivity contribution is 6.03. The van der Waals surface area contributed by atoms with E-state index in [-0.39, 0.29) is 12.2 Å². The number of halogens is 3. The number of carbonyl (C=O) groups is 1. The van der Waals surface area contributed by atoms with Crippen LogP contribution in [0, 0.1) is 0 Å². The lowest BCUT2D eigenvalue weighted by Gasteiger charge is -2.10. The number of hydrogen-bond donors (Lipinski definition) is 2. The summed E-state index contributed by atoms with van der Waals surface area (Å²) in [7, 11) is 0. The SMILES string of the molecule is NCc1cccc(-n2nc(C(F)(F)F)cc2C(=O)Nc2cccc(Cc3ccccc3)c2)c1. The normalized spacial score (nSPS) is 11.4. The average molecular weight is 450 g/mol. The molecule has 4 aromatic rings. The van der Waals surface area contributed by atoms with Crippen LogP contribution in [0.1, 0.15) is 32.9 Å². The Kier molecular flexibility index (Phi) is 6.28. The molecule has 1 heterocycles. The average Bonchev–Trinajstić information content (AvgIpc) is 3.27. The molecule has 0 aliphatic heterocycles. The third-order valence-electron chi connectivity index (χ3n) is 5.06. The maximum atomic E-state index is 13.4. The van der Waals surface area contributed by atoms with Gasteiger partial charge >= 0.3 is 6.18 Å². The van der Waals surface area contributed by atoms with E-state index >= 15 is 0 Å². The van der Waals surface area contributed by atoms with Crippen molar-refractivity contribution in [2.45, 2.75) is 19.1 Å². The molecule has 1 amide bonds. The Labute approximate surface area is 188 Å². The molecular formula is C25H21F3N4O. The fraction of sp³-hybridized carbons (Fsp3) is 0.120. The summed E-state index contributed by atoms with van der Waals surface area (Å²) >= 11 is 0. The third-order valence-corrected chi connectivity index (χ3v) is 5.06. The summed E-state index contributed by atoms with van der Waals surface area (Å²) in [5.41, 5.74) is 7.83. The van der Waals surface area contributed by atoms with Crippen molar-refractivity contribution in [1.82, 2.24) is 9.78 Å². The van der Waals surface area contributed by atoms with Gasteiger partial charge in [-0.05, 0) is 47.4 Å². The van der Waals surface area contributed by atoms with E-state index in [1.54, 1.807) is 42.5 Å². The van der Waals surface area contributed by atoms with Gasteiger partial charge in [0.15, 0.2) is 5.69 Å². The van der Waals surface area contributed by atoms with E-state index in [1.165, 1.54) is 0 Å². The van der Waals surface area contributed by atoms with Crippen LogP contribution >= 0.6 is 0 Å². The number of alkyl halides is 3. The van der Waals surface area contributed by atoms with E-state index in [1.807, 2.05) is 36.4 Å². The van der Waals surface area contributed by atoms with Crippen molar-refractivity contribution in [2.24, 2.45) is 5.73 Å². The molecule has 0 fully saturated rings. The van der Waals surface area contributed by atoms with Crippen molar-refractivity contribution in [3.8, 4) is 5.69 Å². The molecule has 4 rings (SSSR count). The monoisotopic (exact) mass is 450 g/mol. The maximum absolute atomic E-state index is 13.4. The lowest BCUT2D eigenvalue weighted by atomic mass is 10.0. The number of aromatic nitrogens is 2. The zero-order valence-electron chi connectivity index (χ0n) is 17.5. The summed E-state index contributed by atoms with van der Waals surface area (Å²) in [4.78, 5) is 13.0. The van der Waals surface area contributed by atoms with Crippen LogP contribution < -0.4 is 11.1 Å². The molecule has 0 saturated heterocycles. The van der Waals surface area contributed by atoms with Crippen LogP contribution in [0.4, 0.5) is 18.9 Å². The van der Waals surface area contributed by atoms with Crippen LogP contribution in [0.15, 0.2) is 84.9 Å². The van der Waals surface area contributed by atoms with Crippen molar-refractivity contribution < 1.29 is 18.0 Å². The van der Waals surface area contributed by atoms with E-state index < -0.39 is 17.8 Å². The van der Waals surface area contributed by atoms with Crippen molar-refractivity contribution in [3.05, 3.63) is 113 Å². The molecule has 5 nitrogen and oxygen atoms in total. The van der Waals surface area contributed by atoms with E-state index in [2.05, 4.69) is 10.4 Å². The number of amides is 1. The second-order valence-electron chi connectivity index (χ2n) is 7.52. The minimum absolute atomic E-state index is 0.205. The van der Waals surface area contributed by atoms with Crippen molar-refractivity contribution in [3.63, 3.8) is 0 Å². The molecule has 0 spiro atoms. The van der Waals surface area contributed by atoms with Gasteiger partial charge in [-0.1, -0.05) is 54.6 Å². The molecule has 3 N–H and O–H groups in total. The first kappa shape index (κ1) is 22.3. The van der Waals surface area contributed by atoms with Crippen LogP contribution in [0.25, 0.3) is 5.69 Å². The molecule has 3 aromatic carbocycles. The molecule has 0 bridgehead atoms. The largest absolute Gasteiger partial charge is 0.435 e. The highest BCUT2D eigenvalue weighted by atomic mass is 19.4. The number of hydrogen-bond acceptors (Lipinski definition) is 3.